The molecule has 0 heterocycles. The summed E-state index contributed by atoms with van der Waals surface area (Å²) >= 11 is 0. The maximum Gasteiger partial charge on any atom is 0.00819 e. The molecule has 0 bridgehead atoms. The van der Waals surface area contributed by atoms with Gasteiger partial charge in [0.05, 0.1) is 0 Å². The lowest BCUT2D eigenvalue weighted by atomic mass is 9.99. The van der Waals surface area contributed by atoms with Crippen molar-refractivity contribution in [1.29, 1.82) is 0 Å². The van der Waals surface area contributed by atoms with Crippen molar-refractivity contribution in [2.45, 2.75) is 45.6 Å². The van der Waals surface area contributed by atoms with Gasteiger partial charge in [-0.2, -0.15) is 0 Å². The smallest absolute Gasteiger partial charge is 0.00819 e. The Labute approximate surface area is 92.7 Å². The summed E-state index contributed by atoms with van der Waals surface area (Å²) in [5.74, 6) is 0.937. The number of hydrogen-bond donors (Lipinski definition) is 1. The van der Waals surface area contributed by atoms with Crippen molar-refractivity contribution in [3.8, 4) is 0 Å². The molecule has 1 atom stereocenters. The van der Waals surface area contributed by atoms with Gasteiger partial charge in [0.2, 0.25) is 0 Å². The predicted octanol–water partition coefficient (Wildman–Crippen LogP) is 2.97. The molecule has 0 spiro atoms. The van der Waals surface area contributed by atoms with E-state index in [4.69, 9.17) is 5.73 Å². The van der Waals surface area contributed by atoms with Gasteiger partial charge < -0.3 is 5.73 Å². The molecule has 1 aliphatic carbocycles. The minimum atomic E-state index is 0.361. The summed E-state index contributed by atoms with van der Waals surface area (Å²) < 4.78 is 0. The van der Waals surface area contributed by atoms with Gasteiger partial charge in [-0.1, -0.05) is 31.0 Å². The van der Waals surface area contributed by atoms with Gasteiger partial charge in [-0.15, -0.1) is 0 Å². The first-order valence-electron chi connectivity index (χ1n) is 5.97. The van der Waals surface area contributed by atoms with E-state index in [1.807, 2.05) is 0 Å². The molecule has 0 radical (unpaired) electrons. The van der Waals surface area contributed by atoms with E-state index in [1.54, 1.807) is 0 Å². The van der Waals surface area contributed by atoms with Crippen molar-refractivity contribution in [3.63, 3.8) is 0 Å². The van der Waals surface area contributed by atoms with Gasteiger partial charge in [-0.25, -0.2) is 0 Å². The van der Waals surface area contributed by atoms with E-state index < -0.39 is 0 Å². The normalized spacial score (nSPS) is 17.8. The molecule has 1 aromatic carbocycles. The zero-order valence-electron chi connectivity index (χ0n) is 9.79. The van der Waals surface area contributed by atoms with Crippen LogP contribution in [-0.4, -0.2) is 6.04 Å². The molecule has 1 fully saturated rings. The van der Waals surface area contributed by atoms with E-state index in [1.165, 1.54) is 36.0 Å². The van der Waals surface area contributed by atoms with Crippen LogP contribution in [0.15, 0.2) is 18.2 Å². The number of hydrogen-bond acceptors (Lipinski definition) is 1. The number of benzene rings is 1. The molecule has 0 saturated heterocycles. The highest BCUT2D eigenvalue weighted by Gasteiger charge is 2.23. The average molecular weight is 203 g/mol. The molecule has 1 nitrogen and oxygen atoms in total. The molecule has 2 N–H and O–H groups in total. The summed E-state index contributed by atoms with van der Waals surface area (Å²) in [4.78, 5) is 0. The Morgan fingerprint density at radius 2 is 2.00 bits per heavy atom. The van der Waals surface area contributed by atoms with Crippen LogP contribution in [0.3, 0.4) is 0 Å². The molecule has 1 heteroatoms. The second kappa shape index (κ2) is 4.36. The maximum atomic E-state index is 6.13. The monoisotopic (exact) mass is 203 g/mol. The molecule has 0 aliphatic heterocycles. The van der Waals surface area contributed by atoms with Gasteiger partial charge in [-0.3, -0.25) is 0 Å². The number of nitrogens with two attached hydrogens (primary N) is 1. The van der Waals surface area contributed by atoms with Crippen molar-refractivity contribution in [1.82, 2.24) is 0 Å². The van der Waals surface area contributed by atoms with Crippen LogP contribution < -0.4 is 5.73 Å². The Morgan fingerprint density at radius 1 is 1.27 bits per heavy atom. The van der Waals surface area contributed by atoms with Crippen LogP contribution in [0.2, 0.25) is 0 Å². The minimum absolute atomic E-state index is 0.361. The fourth-order valence-corrected chi connectivity index (χ4v) is 2.10. The van der Waals surface area contributed by atoms with Crippen molar-refractivity contribution >= 4 is 0 Å². The average Bonchev–Trinajstić information content (AvgIpc) is 2.95. The Hall–Kier alpha value is -0.820. The Kier molecular flexibility index (Phi) is 3.11. The van der Waals surface area contributed by atoms with Gasteiger partial charge in [0.15, 0.2) is 0 Å². The lowest BCUT2D eigenvalue weighted by Gasteiger charge is -2.12. The van der Waals surface area contributed by atoms with E-state index in [-0.39, 0.29) is 0 Å². The van der Waals surface area contributed by atoms with Crippen LogP contribution in [-0.2, 0) is 6.42 Å². The fraction of sp³-hybridized carbons (Fsp3) is 0.571. The topological polar surface area (TPSA) is 26.0 Å². The van der Waals surface area contributed by atoms with Crippen LogP contribution >= 0.6 is 0 Å². The predicted molar refractivity (Wildman–Crippen MR) is 64.9 cm³/mol. The molecule has 2 rings (SSSR count). The van der Waals surface area contributed by atoms with Crippen LogP contribution in [0.25, 0.3) is 0 Å². The molecule has 0 aromatic heterocycles. The first-order valence-corrected chi connectivity index (χ1v) is 5.97. The van der Waals surface area contributed by atoms with Crippen molar-refractivity contribution in [2.75, 3.05) is 0 Å². The van der Waals surface area contributed by atoms with Gasteiger partial charge in [0, 0.05) is 6.04 Å². The molecule has 1 aromatic rings. The zero-order chi connectivity index (χ0) is 10.8. The Morgan fingerprint density at radius 3 is 2.60 bits per heavy atom. The van der Waals surface area contributed by atoms with E-state index in [0.717, 1.165) is 12.3 Å². The fourth-order valence-electron chi connectivity index (χ4n) is 2.10. The molecular weight excluding hydrogens is 182 g/mol. The minimum Gasteiger partial charge on any atom is -0.327 e. The quantitative estimate of drug-likeness (QED) is 0.800. The lowest BCUT2D eigenvalue weighted by molar-refractivity contribution is 0.566. The van der Waals surface area contributed by atoms with Crippen LogP contribution in [0.5, 0.6) is 0 Å². The number of aryl methyl sites for hydroxylation is 2. The first kappa shape index (κ1) is 10.7. The SMILES string of the molecule is Cc1ccc(CC(N)CC2CC2)cc1C. The van der Waals surface area contributed by atoms with Crippen LogP contribution in [0, 0.1) is 19.8 Å². The maximum absolute atomic E-state index is 6.13. The highest BCUT2D eigenvalue weighted by Crippen LogP contribution is 2.33. The zero-order valence-corrected chi connectivity index (χ0v) is 9.79. The van der Waals surface area contributed by atoms with Crippen LogP contribution in [0.4, 0.5) is 0 Å². The molecule has 0 amide bonds. The van der Waals surface area contributed by atoms with Crippen molar-refractivity contribution in [3.05, 3.63) is 34.9 Å². The summed E-state index contributed by atoms with van der Waals surface area (Å²) in [5, 5.41) is 0. The summed E-state index contributed by atoms with van der Waals surface area (Å²) in [7, 11) is 0. The highest BCUT2D eigenvalue weighted by molar-refractivity contribution is 5.30. The molecular formula is C14H21N. The summed E-state index contributed by atoms with van der Waals surface area (Å²) in [6, 6.07) is 7.06. The van der Waals surface area contributed by atoms with Crippen LogP contribution in [0.1, 0.15) is 36.0 Å². The van der Waals surface area contributed by atoms with E-state index in [0.29, 0.717) is 6.04 Å². The van der Waals surface area contributed by atoms with Gasteiger partial charge >= 0.3 is 0 Å². The van der Waals surface area contributed by atoms with Gasteiger partial charge in [0.1, 0.15) is 0 Å². The third-order valence-corrected chi connectivity index (χ3v) is 3.40. The molecule has 1 unspecified atom stereocenters. The standard InChI is InChI=1S/C14H21N/c1-10-3-4-13(7-11(10)2)9-14(15)8-12-5-6-12/h3-4,7,12,14H,5-6,8-9,15H2,1-2H3. The van der Waals surface area contributed by atoms with E-state index in [2.05, 4.69) is 32.0 Å². The second-order valence-electron chi connectivity index (χ2n) is 5.06. The third kappa shape index (κ3) is 3.07. The molecule has 82 valence electrons. The Balaban J connectivity index is 1.93. The van der Waals surface area contributed by atoms with Crippen molar-refractivity contribution < 1.29 is 0 Å². The largest absolute Gasteiger partial charge is 0.327 e. The third-order valence-electron chi connectivity index (χ3n) is 3.40. The lowest BCUT2D eigenvalue weighted by Crippen LogP contribution is -2.23. The number of rotatable bonds is 4. The van der Waals surface area contributed by atoms with E-state index in [9.17, 15) is 0 Å². The van der Waals surface area contributed by atoms with Crippen molar-refractivity contribution in [2.24, 2.45) is 11.7 Å². The summed E-state index contributed by atoms with van der Waals surface area (Å²) in [5.41, 5.74) is 10.3. The first-order chi connectivity index (χ1) is 7.15. The molecule has 15 heavy (non-hydrogen) atoms. The molecule has 1 aliphatic rings. The van der Waals surface area contributed by atoms with E-state index >= 15 is 0 Å². The molecule has 1 saturated carbocycles. The van der Waals surface area contributed by atoms with Gasteiger partial charge in [-0.05, 0) is 49.3 Å². The summed E-state index contributed by atoms with van der Waals surface area (Å²) in [6.45, 7) is 4.33. The van der Waals surface area contributed by atoms with Gasteiger partial charge in [0.25, 0.3) is 0 Å². The highest BCUT2D eigenvalue weighted by atomic mass is 14.6. The second-order valence-corrected chi connectivity index (χ2v) is 5.06. The Bertz CT molecular complexity index is 339. The summed E-state index contributed by atoms with van der Waals surface area (Å²) in [6.07, 6.45) is 5.06.